The Morgan fingerprint density at radius 3 is 2.70 bits per heavy atom. The number of nitrogens with zero attached hydrogens (tertiary/aromatic N) is 3. The van der Waals surface area contributed by atoms with Crippen LogP contribution in [0.4, 0.5) is 11.6 Å². The molecule has 0 radical (unpaired) electrons. The van der Waals surface area contributed by atoms with E-state index in [0.717, 1.165) is 25.1 Å². The second kappa shape index (κ2) is 6.31. The minimum atomic E-state index is 0.148. The summed E-state index contributed by atoms with van der Waals surface area (Å²) in [6, 6.07) is 16.9. The van der Waals surface area contributed by atoms with Crippen LogP contribution in [0.25, 0.3) is 0 Å². The van der Waals surface area contributed by atoms with Gasteiger partial charge >= 0.3 is 0 Å². The van der Waals surface area contributed by atoms with Crippen molar-refractivity contribution in [1.29, 1.82) is 0 Å². The van der Waals surface area contributed by atoms with E-state index in [9.17, 15) is 4.79 Å². The third kappa shape index (κ3) is 2.81. The summed E-state index contributed by atoms with van der Waals surface area (Å²) in [7, 11) is 0. The number of aromatic nitrogens is 2. The molecule has 0 unspecified atom stereocenters. The summed E-state index contributed by atoms with van der Waals surface area (Å²) in [5.74, 6) is 1.05. The Morgan fingerprint density at radius 2 is 1.85 bits per heavy atom. The van der Waals surface area contributed by atoms with Crippen LogP contribution in [-0.4, -0.2) is 22.3 Å². The number of para-hydroxylation sites is 1. The molecule has 2 heterocycles. The number of anilines is 2. The molecule has 1 aliphatic heterocycles. The molecule has 0 amide bonds. The van der Waals surface area contributed by atoms with Crippen molar-refractivity contribution in [3.8, 4) is 0 Å². The number of hydrogen-bond donors (Lipinski definition) is 0. The molecule has 134 valence electrons. The Balaban J connectivity index is 1.49. The second-order valence-electron chi connectivity index (χ2n) is 7.50. The molecule has 27 heavy (non-hydrogen) atoms. The molecule has 0 saturated heterocycles. The van der Waals surface area contributed by atoms with Crippen molar-refractivity contribution in [2.24, 2.45) is 0 Å². The molecule has 2 aromatic carbocycles. The van der Waals surface area contributed by atoms with Crippen LogP contribution in [-0.2, 0) is 12.8 Å². The number of carbonyl (C=O) groups excluding carboxylic acids is 1. The maximum Gasteiger partial charge on any atom is 0.230 e. The average Bonchev–Trinajstić information content (AvgIpc) is 3.12. The molecule has 5 rings (SSSR count). The number of aryl methyl sites for hydroxylation is 1. The van der Waals surface area contributed by atoms with E-state index in [2.05, 4.69) is 59.3 Å². The lowest BCUT2D eigenvalue weighted by Crippen LogP contribution is -2.23. The van der Waals surface area contributed by atoms with Gasteiger partial charge in [-0.3, -0.25) is 4.79 Å². The van der Waals surface area contributed by atoms with Gasteiger partial charge in [-0.05, 0) is 42.9 Å². The first-order chi connectivity index (χ1) is 13.2. The van der Waals surface area contributed by atoms with Gasteiger partial charge in [0, 0.05) is 24.8 Å². The summed E-state index contributed by atoms with van der Waals surface area (Å²) in [6.07, 6.45) is 4.05. The molecule has 4 nitrogen and oxygen atoms in total. The molecule has 0 spiro atoms. The van der Waals surface area contributed by atoms with Gasteiger partial charge in [-0.1, -0.05) is 48.0 Å². The van der Waals surface area contributed by atoms with Gasteiger partial charge in [0.25, 0.3) is 0 Å². The molecule has 2 aliphatic rings. The molecule has 0 N–H and O–H groups in total. The van der Waals surface area contributed by atoms with Gasteiger partial charge in [0.15, 0.2) is 5.78 Å². The Labute approximate surface area is 158 Å². The normalized spacial score (nSPS) is 18.3. The Kier molecular flexibility index (Phi) is 3.78. The van der Waals surface area contributed by atoms with Crippen LogP contribution < -0.4 is 4.90 Å². The van der Waals surface area contributed by atoms with Crippen molar-refractivity contribution in [2.45, 2.75) is 32.1 Å². The molecule has 4 heteroatoms. The number of carbonyl (C=O) groups is 1. The van der Waals surface area contributed by atoms with Crippen LogP contribution in [0.1, 0.15) is 45.1 Å². The molecular weight excluding hydrogens is 334 g/mol. The summed E-state index contributed by atoms with van der Waals surface area (Å²) in [6.45, 7) is 2.96. The van der Waals surface area contributed by atoms with Gasteiger partial charge in [-0.25, -0.2) is 9.97 Å². The highest BCUT2D eigenvalue weighted by atomic mass is 16.1. The monoisotopic (exact) mass is 355 g/mol. The molecule has 3 aromatic rings. The van der Waals surface area contributed by atoms with E-state index in [1.54, 1.807) is 6.20 Å². The second-order valence-corrected chi connectivity index (χ2v) is 7.50. The van der Waals surface area contributed by atoms with E-state index >= 15 is 0 Å². The highest BCUT2D eigenvalue weighted by Gasteiger charge is 2.30. The first kappa shape index (κ1) is 16.2. The SMILES string of the molecule is Cc1ccc([C@@H]2CC(=O)c3cnc(N4CCc5ccccc54)nc3C2)cc1. The van der Waals surface area contributed by atoms with E-state index < -0.39 is 0 Å². The van der Waals surface area contributed by atoms with E-state index in [0.29, 0.717) is 17.9 Å². The van der Waals surface area contributed by atoms with Gasteiger partial charge in [0.05, 0.1) is 11.3 Å². The van der Waals surface area contributed by atoms with Crippen LogP contribution in [0.2, 0.25) is 0 Å². The zero-order valence-electron chi connectivity index (χ0n) is 15.4. The van der Waals surface area contributed by atoms with Crippen LogP contribution in [0.5, 0.6) is 0 Å². The van der Waals surface area contributed by atoms with E-state index in [-0.39, 0.29) is 11.7 Å². The summed E-state index contributed by atoms with van der Waals surface area (Å²) in [5.41, 5.74) is 6.52. The standard InChI is InChI=1S/C23H21N3O/c1-15-6-8-16(9-7-15)18-12-20-19(22(27)13-18)14-24-23(25-20)26-11-10-17-4-2-3-5-21(17)26/h2-9,14,18H,10-13H2,1H3/t18-/m0/s1. The lowest BCUT2D eigenvalue weighted by molar-refractivity contribution is 0.0962. The van der Waals surface area contributed by atoms with Crippen molar-refractivity contribution in [3.63, 3.8) is 0 Å². The smallest absolute Gasteiger partial charge is 0.230 e. The Bertz CT molecular complexity index is 1030. The lowest BCUT2D eigenvalue weighted by Gasteiger charge is -2.25. The van der Waals surface area contributed by atoms with Gasteiger partial charge in [0.1, 0.15) is 0 Å². The third-order valence-electron chi connectivity index (χ3n) is 5.70. The number of benzene rings is 2. The third-order valence-corrected chi connectivity index (χ3v) is 5.70. The van der Waals surface area contributed by atoms with Crippen molar-refractivity contribution < 1.29 is 4.79 Å². The molecule has 0 saturated carbocycles. The van der Waals surface area contributed by atoms with Crippen molar-refractivity contribution in [2.75, 3.05) is 11.4 Å². The first-order valence-electron chi connectivity index (χ1n) is 9.50. The topological polar surface area (TPSA) is 46.1 Å². The summed E-state index contributed by atoms with van der Waals surface area (Å²) < 4.78 is 0. The number of hydrogen-bond acceptors (Lipinski definition) is 4. The molecule has 1 aliphatic carbocycles. The predicted molar refractivity (Wildman–Crippen MR) is 106 cm³/mol. The molecule has 0 bridgehead atoms. The van der Waals surface area contributed by atoms with Gasteiger partial charge < -0.3 is 4.90 Å². The molecule has 1 atom stereocenters. The van der Waals surface area contributed by atoms with E-state index in [1.807, 2.05) is 6.07 Å². The molecule has 1 aromatic heterocycles. The largest absolute Gasteiger partial charge is 0.310 e. The molecule has 0 fully saturated rings. The fraction of sp³-hybridized carbons (Fsp3) is 0.261. The maximum atomic E-state index is 12.7. The number of fused-ring (bicyclic) bond motifs is 2. The highest BCUT2D eigenvalue weighted by Crippen LogP contribution is 2.35. The molecular formula is C23H21N3O. The number of rotatable bonds is 2. The highest BCUT2D eigenvalue weighted by molar-refractivity contribution is 5.98. The van der Waals surface area contributed by atoms with Crippen LogP contribution in [0.3, 0.4) is 0 Å². The summed E-state index contributed by atoms with van der Waals surface area (Å²) >= 11 is 0. The number of Topliss-reactive ketones (excluding diaryl/α,β-unsaturated/α-hetero) is 1. The fourth-order valence-electron chi connectivity index (χ4n) is 4.18. The summed E-state index contributed by atoms with van der Waals surface area (Å²) in [5, 5.41) is 0. The first-order valence-corrected chi connectivity index (χ1v) is 9.50. The number of ketones is 1. The minimum Gasteiger partial charge on any atom is -0.310 e. The van der Waals surface area contributed by atoms with E-state index in [1.165, 1.54) is 22.4 Å². The van der Waals surface area contributed by atoms with Crippen LogP contribution in [0.15, 0.2) is 54.7 Å². The zero-order valence-corrected chi connectivity index (χ0v) is 15.4. The average molecular weight is 355 g/mol. The van der Waals surface area contributed by atoms with Crippen LogP contribution >= 0.6 is 0 Å². The predicted octanol–water partition coefficient (Wildman–Crippen LogP) is 4.39. The Hall–Kier alpha value is -3.01. The summed E-state index contributed by atoms with van der Waals surface area (Å²) in [4.78, 5) is 24.2. The van der Waals surface area contributed by atoms with Crippen molar-refractivity contribution in [1.82, 2.24) is 9.97 Å². The fourth-order valence-corrected chi connectivity index (χ4v) is 4.18. The lowest BCUT2D eigenvalue weighted by atomic mass is 9.82. The van der Waals surface area contributed by atoms with Crippen molar-refractivity contribution in [3.05, 3.63) is 82.7 Å². The van der Waals surface area contributed by atoms with Gasteiger partial charge in [-0.15, -0.1) is 0 Å². The van der Waals surface area contributed by atoms with Crippen molar-refractivity contribution >= 4 is 17.4 Å². The van der Waals surface area contributed by atoms with E-state index in [4.69, 9.17) is 4.98 Å². The Morgan fingerprint density at radius 1 is 1.04 bits per heavy atom. The van der Waals surface area contributed by atoms with Crippen LogP contribution in [0, 0.1) is 6.92 Å². The maximum absolute atomic E-state index is 12.7. The van der Waals surface area contributed by atoms with Gasteiger partial charge in [-0.2, -0.15) is 0 Å². The van der Waals surface area contributed by atoms with Gasteiger partial charge in [0.2, 0.25) is 5.95 Å². The minimum absolute atomic E-state index is 0.148. The zero-order chi connectivity index (χ0) is 18.4. The quantitative estimate of drug-likeness (QED) is 0.684.